The molecule has 0 fully saturated rings. The lowest BCUT2D eigenvalue weighted by atomic mass is 9.94. The Balaban J connectivity index is 1.28. The van der Waals surface area contributed by atoms with Crippen molar-refractivity contribution < 1.29 is 4.42 Å². The standard InChI is InChI=1S/C46H27N3OS/c1-3-13-28(14-4-1)30-25-31(29-15-5-2-6-16-29)27-32(26-30)42-41-37-19-8-11-21-39(37)50-45(41)48-46(47-42)49-38-20-10-7-17-33(38)35-23-24-36-34-18-9-12-22-40(34)51-44(36)43(35)49/h1-27H. The quantitative estimate of drug-likeness (QED) is 0.187. The lowest BCUT2D eigenvalue weighted by molar-refractivity contribution is 0.651. The fourth-order valence-corrected chi connectivity index (χ4v) is 8.96. The number of para-hydroxylation sites is 2. The van der Waals surface area contributed by atoms with Crippen LogP contribution in [0.5, 0.6) is 0 Å². The fraction of sp³-hybridized carbons (Fsp3) is 0. The van der Waals surface area contributed by atoms with Crippen molar-refractivity contribution in [3.05, 3.63) is 164 Å². The van der Waals surface area contributed by atoms with Crippen molar-refractivity contribution in [3.8, 4) is 39.5 Å². The Bertz CT molecular complexity index is 3080. The van der Waals surface area contributed by atoms with E-state index in [1.807, 2.05) is 23.5 Å². The average molecular weight is 670 g/mol. The van der Waals surface area contributed by atoms with Gasteiger partial charge >= 0.3 is 0 Å². The van der Waals surface area contributed by atoms with Gasteiger partial charge in [0.2, 0.25) is 11.7 Å². The summed E-state index contributed by atoms with van der Waals surface area (Å²) in [6.07, 6.45) is 0. The summed E-state index contributed by atoms with van der Waals surface area (Å²) in [5.41, 5.74) is 9.90. The van der Waals surface area contributed by atoms with Crippen LogP contribution in [0.4, 0.5) is 0 Å². The molecule has 0 unspecified atom stereocenters. The monoisotopic (exact) mass is 669 g/mol. The number of hydrogen-bond donors (Lipinski definition) is 0. The van der Waals surface area contributed by atoms with Crippen LogP contribution in [0, 0.1) is 0 Å². The largest absolute Gasteiger partial charge is 0.437 e. The van der Waals surface area contributed by atoms with Crippen LogP contribution < -0.4 is 0 Å². The van der Waals surface area contributed by atoms with Crippen LogP contribution in [0.15, 0.2) is 168 Å². The highest BCUT2D eigenvalue weighted by Gasteiger charge is 2.23. The molecule has 0 bridgehead atoms. The molecule has 4 aromatic heterocycles. The SMILES string of the molecule is c1ccc(-c2cc(-c3ccccc3)cc(-c3nc(-n4c5ccccc5c5ccc6c7ccccc7sc6c54)nc4oc5ccccc5c34)c2)cc1. The number of thiophene rings is 1. The smallest absolute Gasteiger partial charge is 0.238 e. The second-order valence-electron chi connectivity index (χ2n) is 13.0. The van der Waals surface area contributed by atoms with E-state index in [1.54, 1.807) is 0 Å². The van der Waals surface area contributed by atoms with E-state index in [9.17, 15) is 0 Å². The number of furan rings is 1. The van der Waals surface area contributed by atoms with Gasteiger partial charge in [-0.25, -0.2) is 4.98 Å². The van der Waals surface area contributed by atoms with Crippen LogP contribution in [0.1, 0.15) is 0 Å². The highest BCUT2D eigenvalue weighted by Crippen LogP contribution is 2.44. The van der Waals surface area contributed by atoms with Crippen molar-refractivity contribution in [3.63, 3.8) is 0 Å². The second kappa shape index (κ2) is 11.0. The fourth-order valence-electron chi connectivity index (χ4n) is 7.72. The summed E-state index contributed by atoms with van der Waals surface area (Å²) in [5, 5.41) is 6.74. The molecule has 4 heterocycles. The van der Waals surface area contributed by atoms with Gasteiger partial charge in [-0.05, 0) is 58.7 Å². The molecule has 11 aromatic rings. The van der Waals surface area contributed by atoms with E-state index in [4.69, 9.17) is 14.4 Å². The molecule has 5 heteroatoms. The third-order valence-electron chi connectivity index (χ3n) is 10.0. The lowest BCUT2D eigenvalue weighted by Gasteiger charge is -2.13. The van der Waals surface area contributed by atoms with Crippen molar-refractivity contribution in [2.75, 3.05) is 0 Å². The van der Waals surface area contributed by atoms with E-state index in [0.29, 0.717) is 11.7 Å². The number of benzene rings is 7. The van der Waals surface area contributed by atoms with E-state index >= 15 is 0 Å². The van der Waals surface area contributed by atoms with Crippen LogP contribution in [-0.4, -0.2) is 14.5 Å². The Labute approximate surface area is 296 Å². The molecule has 0 aliphatic carbocycles. The van der Waals surface area contributed by atoms with Gasteiger partial charge in [-0.1, -0.05) is 127 Å². The molecule has 11 rings (SSSR count). The van der Waals surface area contributed by atoms with Crippen LogP contribution in [0.3, 0.4) is 0 Å². The highest BCUT2D eigenvalue weighted by atomic mass is 32.1. The first-order valence-electron chi connectivity index (χ1n) is 17.1. The summed E-state index contributed by atoms with van der Waals surface area (Å²) in [4.78, 5) is 10.8. The molecule has 7 aromatic carbocycles. The van der Waals surface area contributed by atoms with Gasteiger partial charge in [0.05, 0.1) is 26.8 Å². The van der Waals surface area contributed by atoms with Gasteiger partial charge in [0.1, 0.15) is 5.58 Å². The molecular weight excluding hydrogens is 643 g/mol. The lowest BCUT2D eigenvalue weighted by Crippen LogP contribution is -2.03. The first-order valence-corrected chi connectivity index (χ1v) is 17.9. The zero-order chi connectivity index (χ0) is 33.5. The third kappa shape index (κ3) is 4.32. The van der Waals surface area contributed by atoms with Crippen LogP contribution in [0.2, 0.25) is 0 Å². The van der Waals surface area contributed by atoms with Crippen molar-refractivity contribution >= 4 is 75.4 Å². The molecule has 0 N–H and O–H groups in total. The summed E-state index contributed by atoms with van der Waals surface area (Å²) in [6, 6.07) is 57.8. The molecule has 0 amide bonds. The number of nitrogens with zero attached hydrogens (tertiary/aromatic N) is 3. The first kappa shape index (κ1) is 28.3. The molecule has 0 saturated carbocycles. The van der Waals surface area contributed by atoms with Crippen molar-refractivity contribution in [2.45, 2.75) is 0 Å². The summed E-state index contributed by atoms with van der Waals surface area (Å²) < 4.78 is 11.3. The zero-order valence-corrected chi connectivity index (χ0v) is 28.1. The molecule has 51 heavy (non-hydrogen) atoms. The maximum Gasteiger partial charge on any atom is 0.238 e. The van der Waals surface area contributed by atoms with E-state index in [0.717, 1.165) is 60.9 Å². The molecule has 0 aliphatic rings. The maximum atomic E-state index is 6.58. The molecule has 4 nitrogen and oxygen atoms in total. The van der Waals surface area contributed by atoms with E-state index in [-0.39, 0.29) is 0 Å². The van der Waals surface area contributed by atoms with Crippen LogP contribution in [-0.2, 0) is 0 Å². The van der Waals surface area contributed by atoms with Gasteiger partial charge in [-0.2, -0.15) is 4.98 Å². The van der Waals surface area contributed by atoms with Crippen molar-refractivity contribution in [1.82, 2.24) is 14.5 Å². The summed E-state index contributed by atoms with van der Waals surface area (Å²) in [6.45, 7) is 0. The molecular formula is C46H27N3OS. The van der Waals surface area contributed by atoms with E-state index in [2.05, 4.69) is 156 Å². The van der Waals surface area contributed by atoms with Crippen molar-refractivity contribution in [2.24, 2.45) is 0 Å². The summed E-state index contributed by atoms with van der Waals surface area (Å²) >= 11 is 1.82. The van der Waals surface area contributed by atoms with Gasteiger partial charge in [0, 0.05) is 37.2 Å². The summed E-state index contributed by atoms with van der Waals surface area (Å²) in [5.74, 6) is 0.582. The molecule has 0 aliphatic heterocycles. The Morgan fingerprint density at radius 3 is 1.84 bits per heavy atom. The van der Waals surface area contributed by atoms with Gasteiger partial charge in [0.25, 0.3) is 0 Å². The van der Waals surface area contributed by atoms with Gasteiger partial charge in [-0.15, -0.1) is 11.3 Å². The number of fused-ring (bicyclic) bond motifs is 10. The topological polar surface area (TPSA) is 43.9 Å². The van der Waals surface area contributed by atoms with Crippen LogP contribution >= 0.6 is 11.3 Å². The number of rotatable bonds is 4. The maximum absolute atomic E-state index is 6.58. The predicted octanol–water partition coefficient (Wildman–Crippen LogP) is 12.8. The second-order valence-corrected chi connectivity index (χ2v) is 14.0. The Morgan fingerprint density at radius 1 is 0.471 bits per heavy atom. The minimum absolute atomic E-state index is 0.567. The predicted molar refractivity (Wildman–Crippen MR) is 213 cm³/mol. The summed E-state index contributed by atoms with van der Waals surface area (Å²) in [7, 11) is 0. The van der Waals surface area contributed by atoms with Crippen molar-refractivity contribution in [1.29, 1.82) is 0 Å². The molecule has 0 saturated heterocycles. The molecule has 238 valence electrons. The Kier molecular flexibility index (Phi) is 6.09. The minimum Gasteiger partial charge on any atom is -0.437 e. The third-order valence-corrected chi connectivity index (χ3v) is 11.2. The molecule has 0 radical (unpaired) electrons. The zero-order valence-electron chi connectivity index (χ0n) is 27.2. The van der Waals surface area contributed by atoms with Gasteiger partial charge in [-0.3, -0.25) is 4.57 Å². The number of aromatic nitrogens is 3. The van der Waals surface area contributed by atoms with E-state index < -0.39 is 0 Å². The van der Waals surface area contributed by atoms with E-state index in [1.165, 1.54) is 30.9 Å². The Hall–Kier alpha value is -6.56. The molecule has 0 spiro atoms. The molecule has 0 atom stereocenters. The Morgan fingerprint density at radius 2 is 1.08 bits per heavy atom. The van der Waals surface area contributed by atoms with Gasteiger partial charge < -0.3 is 4.42 Å². The highest BCUT2D eigenvalue weighted by molar-refractivity contribution is 7.26. The van der Waals surface area contributed by atoms with Crippen LogP contribution in [0.25, 0.3) is 104 Å². The first-order chi connectivity index (χ1) is 25.3. The number of hydrogen-bond acceptors (Lipinski definition) is 4. The normalized spacial score (nSPS) is 11.9. The van der Waals surface area contributed by atoms with Gasteiger partial charge in [0.15, 0.2) is 0 Å². The minimum atomic E-state index is 0.567. The average Bonchev–Trinajstić information content (AvgIpc) is 3.87.